The van der Waals surface area contributed by atoms with Gasteiger partial charge in [-0.05, 0) is 29.3 Å². The molecule has 0 aliphatic carbocycles. The Bertz CT molecular complexity index is 1270. The van der Waals surface area contributed by atoms with Gasteiger partial charge in [0.05, 0.1) is 32.4 Å². The molecule has 1 aromatic heterocycles. The number of carbonyl (C=O) groups excluding carboxylic acids is 1. The molecule has 0 fully saturated rings. The van der Waals surface area contributed by atoms with Crippen molar-refractivity contribution in [2.75, 3.05) is 21.3 Å². The molecule has 0 atom stereocenters. The minimum Gasteiger partial charge on any atom is -0.493 e. The fourth-order valence-electron chi connectivity index (χ4n) is 3.66. The monoisotopic (exact) mass is 458 g/mol. The van der Waals surface area contributed by atoms with Crippen molar-refractivity contribution in [1.82, 2.24) is 10.3 Å². The molecule has 174 valence electrons. The summed E-state index contributed by atoms with van der Waals surface area (Å²) in [5.74, 6) is 1.70. The van der Waals surface area contributed by atoms with E-state index in [1.165, 1.54) is 0 Å². The van der Waals surface area contributed by atoms with Gasteiger partial charge in [-0.3, -0.25) is 4.79 Å². The Kier molecular flexibility index (Phi) is 7.13. The highest BCUT2D eigenvalue weighted by atomic mass is 16.5. The van der Waals surface area contributed by atoms with Crippen molar-refractivity contribution < 1.29 is 23.7 Å². The number of methoxy groups -OCH3 is 3. The van der Waals surface area contributed by atoms with E-state index in [-0.39, 0.29) is 12.5 Å². The van der Waals surface area contributed by atoms with Crippen molar-refractivity contribution in [2.45, 2.75) is 13.2 Å². The normalized spacial score (nSPS) is 10.6. The first-order valence-electron chi connectivity index (χ1n) is 10.8. The van der Waals surface area contributed by atoms with E-state index in [4.69, 9.17) is 18.9 Å². The topological polar surface area (TPSA) is 78.9 Å². The highest BCUT2D eigenvalue weighted by Crippen LogP contribution is 2.38. The number of ether oxygens (including phenoxy) is 4. The molecule has 0 spiro atoms. The van der Waals surface area contributed by atoms with Gasteiger partial charge in [0.25, 0.3) is 5.91 Å². The predicted octanol–water partition coefficient (Wildman–Crippen LogP) is 4.77. The van der Waals surface area contributed by atoms with Gasteiger partial charge in [-0.15, -0.1) is 0 Å². The van der Waals surface area contributed by atoms with Crippen LogP contribution in [0.5, 0.6) is 23.1 Å². The maximum Gasteiger partial charge on any atom is 0.252 e. The average Bonchev–Trinajstić information content (AvgIpc) is 2.89. The Labute approximate surface area is 198 Å². The van der Waals surface area contributed by atoms with E-state index in [1.807, 2.05) is 54.6 Å². The number of fused-ring (bicyclic) bond motifs is 1. The summed E-state index contributed by atoms with van der Waals surface area (Å²) in [6.45, 7) is 0.630. The maximum absolute atomic E-state index is 13.2. The minimum atomic E-state index is -0.239. The molecule has 0 radical (unpaired) electrons. The lowest BCUT2D eigenvalue weighted by Gasteiger charge is -2.15. The fourth-order valence-corrected chi connectivity index (χ4v) is 3.66. The molecule has 0 unspecified atom stereocenters. The third-order valence-electron chi connectivity index (χ3n) is 5.34. The lowest BCUT2D eigenvalue weighted by Crippen LogP contribution is -2.23. The summed E-state index contributed by atoms with van der Waals surface area (Å²) in [6.07, 6.45) is 0. The lowest BCUT2D eigenvalue weighted by atomic mass is 10.1. The summed E-state index contributed by atoms with van der Waals surface area (Å²) in [5.41, 5.74) is 3.00. The molecule has 1 N–H and O–H groups in total. The molecule has 4 rings (SSSR count). The molecule has 0 saturated heterocycles. The van der Waals surface area contributed by atoms with Crippen LogP contribution in [0, 0.1) is 0 Å². The zero-order chi connectivity index (χ0) is 23.9. The van der Waals surface area contributed by atoms with Crippen LogP contribution in [-0.2, 0) is 13.2 Å². The van der Waals surface area contributed by atoms with Gasteiger partial charge in [0, 0.05) is 18.0 Å². The molecule has 1 amide bonds. The van der Waals surface area contributed by atoms with Crippen molar-refractivity contribution >= 4 is 16.8 Å². The largest absolute Gasteiger partial charge is 0.493 e. The van der Waals surface area contributed by atoms with Gasteiger partial charge >= 0.3 is 0 Å². The number of nitrogens with one attached hydrogen (secondary N) is 1. The molecule has 1 heterocycles. The van der Waals surface area contributed by atoms with Gasteiger partial charge in [-0.1, -0.05) is 48.5 Å². The van der Waals surface area contributed by atoms with Crippen LogP contribution in [0.25, 0.3) is 10.9 Å². The summed E-state index contributed by atoms with van der Waals surface area (Å²) < 4.78 is 22.1. The second-order valence-corrected chi connectivity index (χ2v) is 7.52. The van der Waals surface area contributed by atoms with Crippen LogP contribution >= 0.6 is 0 Å². The predicted molar refractivity (Wildman–Crippen MR) is 130 cm³/mol. The van der Waals surface area contributed by atoms with Gasteiger partial charge in [0.15, 0.2) is 11.5 Å². The van der Waals surface area contributed by atoms with Crippen molar-refractivity contribution in [3.8, 4) is 23.1 Å². The SMILES string of the molecule is COc1cc(CNC(=O)c2cc(OCc3ccccc3)nc3ccccc23)cc(OC)c1OC. The summed E-state index contributed by atoms with van der Waals surface area (Å²) >= 11 is 0. The smallest absolute Gasteiger partial charge is 0.252 e. The van der Waals surface area contributed by atoms with Gasteiger partial charge < -0.3 is 24.3 Å². The number of benzene rings is 3. The molecule has 7 heteroatoms. The fraction of sp³-hybridized carbons (Fsp3) is 0.185. The first kappa shape index (κ1) is 22.9. The quantitative estimate of drug-likeness (QED) is 0.389. The Morgan fingerprint density at radius 1 is 0.824 bits per heavy atom. The summed E-state index contributed by atoms with van der Waals surface area (Å²) in [4.78, 5) is 17.8. The standard InChI is InChI=1S/C27H26N2O5/c1-31-23-13-19(14-24(32-2)26(23)33-3)16-28-27(30)21-15-25(29-22-12-8-7-11-20(21)22)34-17-18-9-5-4-6-10-18/h4-15H,16-17H2,1-3H3,(H,28,30). The molecule has 3 aromatic carbocycles. The van der Waals surface area contributed by atoms with E-state index < -0.39 is 0 Å². The van der Waals surface area contributed by atoms with Crippen LogP contribution in [0.15, 0.2) is 72.8 Å². The Morgan fingerprint density at radius 2 is 1.50 bits per heavy atom. The zero-order valence-electron chi connectivity index (χ0n) is 19.3. The number of amides is 1. The number of carbonyl (C=O) groups is 1. The second-order valence-electron chi connectivity index (χ2n) is 7.52. The van der Waals surface area contributed by atoms with Crippen LogP contribution in [-0.4, -0.2) is 32.2 Å². The van der Waals surface area contributed by atoms with Crippen molar-refractivity contribution in [3.05, 3.63) is 89.5 Å². The Balaban J connectivity index is 1.57. The number of aromatic nitrogens is 1. The Morgan fingerprint density at radius 3 is 2.18 bits per heavy atom. The number of hydrogen-bond donors (Lipinski definition) is 1. The van der Waals surface area contributed by atoms with Gasteiger partial charge in [-0.2, -0.15) is 0 Å². The first-order chi connectivity index (χ1) is 16.6. The van der Waals surface area contributed by atoms with Gasteiger partial charge in [-0.25, -0.2) is 4.98 Å². The molecular formula is C27H26N2O5. The van der Waals surface area contributed by atoms with Crippen LogP contribution in [0.4, 0.5) is 0 Å². The molecule has 4 aromatic rings. The second kappa shape index (κ2) is 10.6. The van der Waals surface area contributed by atoms with Crippen LogP contribution < -0.4 is 24.3 Å². The molecular weight excluding hydrogens is 432 g/mol. The summed E-state index contributed by atoms with van der Waals surface area (Å²) in [6, 6.07) is 22.6. The summed E-state index contributed by atoms with van der Waals surface area (Å²) in [5, 5.41) is 3.72. The number of nitrogens with zero attached hydrogens (tertiary/aromatic N) is 1. The van der Waals surface area contributed by atoms with Gasteiger partial charge in [0.1, 0.15) is 6.61 Å². The first-order valence-corrected chi connectivity index (χ1v) is 10.8. The molecule has 0 bridgehead atoms. The Hall–Kier alpha value is -4.26. The van der Waals surface area contributed by atoms with Crippen LogP contribution in [0.2, 0.25) is 0 Å². The zero-order valence-corrected chi connectivity index (χ0v) is 19.3. The molecule has 0 aliphatic heterocycles. The van der Waals surface area contributed by atoms with Crippen molar-refractivity contribution in [3.63, 3.8) is 0 Å². The lowest BCUT2D eigenvalue weighted by molar-refractivity contribution is 0.0952. The molecule has 7 nitrogen and oxygen atoms in total. The van der Waals surface area contributed by atoms with Crippen LogP contribution in [0.3, 0.4) is 0 Å². The van der Waals surface area contributed by atoms with E-state index in [1.54, 1.807) is 39.5 Å². The molecule has 0 aliphatic rings. The highest BCUT2D eigenvalue weighted by Gasteiger charge is 2.16. The number of para-hydroxylation sites is 1. The van der Waals surface area contributed by atoms with E-state index >= 15 is 0 Å². The van der Waals surface area contributed by atoms with Crippen molar-refractivity contribution in [1.29, 1.82) is 0 Å². The average molecular weight is 459 g/mol. The third kappa shape index (κ3) is 5.04. The number of hydrogen-bond acceptors (Lipinski definition) is 6. The molecule has 0 saturated carbocycles. The maximum atomic E-state index is 13.2. The van der Waals surface area contributed by atoms with E-state index in [2.05, 4.69) is 10.3 Å². The van der Waals surface area contributed by atoms with E-state index in [9.17, 15) is 4.79 Å². The third-order valence-corrected chi connectivity index (χ3v) is 5.34. The minimum absolute atomic E-state index is 0.239. The molecule has 34 heavy (non-hydrogen) atoms. The van der Waals surface area contributed by atoms with Gasteiger partial charge in [0.2, 0.25) is 11.6 Å². The highest BCUT2D eigenvalue weighted by molar-refractivity contribution is 6.06. The number of rotatable bonds is 9. The van der Waals surface area contributed by atoms with E-state index in [0.717, 1.165) is 16.5 Å². The van der Waals surface area contributed by atoms with Crippen molar-refractivity contribution in [2.24, 2.45) is 0 Å². The summed E-state index contributed by atoms with van der Waals surface area (Å²) in [7, 11) is 4.66. The number of pyridine rings is 1. The van der Waals surface area contributed by atoms with E-state index in [0.29, 0.717) is 40.8 Å². The van der Waals surface area contributed by atoms with Crippen LogP contribution in [0.1, 0.15) is 21.5 Å².